The number of likely N-dealkylation sites (N-methyl/N-ethyl adjacent to an activating group) is 1. The van der Waals surface area contributed by atoms with Gasteiger partial charge in [-0.15, -0.1) is 0 Å². The highest BCUT2D eigenvalue weighted by Crippen LogP contribution is 2.32. The van der Waals surface area contributed by atoms with Crippen LogP contribution in [0.3, 0.4) is 0 Å². The number of carbonyl (C=O) groups excluding carboxylic acids is 1. The van der Waals surface area contributed by atoms with Crippen molar-refractivity contribution in [1.29, 1.82) is 0 Å². The van der Waals surface area contributed by atoms with Crippen molar-refractivity contribution >= 4 is 15.7 Å². The fraction of sp³-hybridized carbons (Fsp3) is 0.667. The zero-order chi connectivity index (χ0) is 22.7. The monoisotopic (exact) mass is 448 g/mol. The molecule has 0 spiro atoms. The fourth-order valence-corrected chi connectivity index (χ4v) is 5.27. The third-order valence-electron chi connectivity index (χ3n) is 5.74. The zero-order valence-corrected chi connectivity index (χ0v) is 18.7. The van der Waals surface area contributed by atoms with Gasteiger partial charge in [0.1, 0.15) is 0 Å². The normalized spacial score (nSPS) is 20.8. The highest BCUT2D eigenvalue weighted by Gasteiger charge is 2.33. The molecule has 170 valence electrons. The number of alkyl halides is 3. The van der Waals surface area contributed by atoms with Gasteiger partial charge in [-0.3, -0.25) is 4.79 Å². The van der Waals surface area contributed by atoms with Crippen LogP contribution in [-0.4, -0.2) is 50.2 Å². The van der Waals surface area contributed by atoms with Crippen LogP contribution in [0.1, 0.15) is 52.0 Å². The van der Waals surface area contributed by atoms with Gasteiger partial charge in [-0.25, -0.2) is 8.42 Å². The lowest BCUT2D eigenvalue weighted by atomic mass is 9.87. The Kier molecular flexibility index (Phi) is 7.61. The summed E-state index contributed by atoms with van der Waals surface area (Å²) >= 11 is 0. The average Bonchev–Trinajstić information content (AvgIpc) is 2.65. The molecule has 1 aromatic rings. The molecule has 0 radical (unpaired) electrons. The van der Waals surface area contributed by atoms with Crippen LogP contribution in [0.25, 0.3) is 0 Å². The molecule has 30 heavy (non-hydrogen) atoms. The SMILES string of the molecule is CN(C(=O)CNC1CCC(CS(=O)(=O)c2cccc(C(F)(F)F)c2)CC1)C(C)(C)C. The van der Waals surface area contributed by atoms with Crippen molar-refractivity contribution in [2.75, 3.05) is 19.3 Å². The molecule has 1 aliphatic rings. The molecule has 0 aromatic heterocycles. The molecule has 0 bridgehead atoms. The van der Waals surface area contributed by atoms with Crippen molar-refractivity contribution in [2.24, 2.45) is 5.92 Å². The second-order valence-electron chi connectivity index (χ2n) is 9.03. The average molecular weight is 449 g/mol. The Labute approximate surface area is 176 Å². The van der Waals surface area contributed by atoms with Crippen molar-refractivity contribution in [1.82, 2.24) is 10.2 Å². The number of sulfone groups is 1. The number of halogens is 3. The summed E-state index contributed by atoms with van der Waals surface area (Å²) in [4.78, 5) is 13.6. The Balaban J connectivity index is 1.88. The molecule has 1 fully saturated rings. The molecule has 0 atom stereocenters. The quantitative estimate of drug-likeness (QED) is 0.717. The fourth-order valence-electron chi connectivity index (χ4n) is 3.53. The van der Waals surface area contributed by atoms with E-state index in [1.165, 1.54) is 6.07 Å². The van der Waals surface area contributed by atoms with Gasteiger partial charge in [0.05, 0.1) is 22.8 Å². The first-order chi connectivity index (χ1) is 13.7. The van der Waals surface area contributed by atoms with Gasteiger partial charge in [0.2, 0.25) is 5.91 Å². The topological polar surface area (TPSA) is 66.5 Å². The number of carbonyl (C=O) groups is 1. The van der Waals surface area contributed by atoms with Crippen LogP contribution in [0, 0.1) is 5.92 Å². The van der Waals surface area contributed by atoms with E-state index in [2.05, 4.69) is 5.32 Å². The number of amides is 1. The van der Waals surface area contributed by atoms with E-state index >= 15 is 0 Å². The van der Waals surface area contributed by atoms with Gasteiger partial charge >= 0.3 is 6.18 Å². The van der Waals surface area contributed by atoms with E-state index in [0.717, 1.165) is 25.0 Å². The van der Waals surface area contributed by atoms with E-state index in [4.69, 9.17) is 0 Å². The van der Waals surface area contributed by atoms with E-state index in [-0.39, 0.29) is 40.6 Å². The first-order valence-electron chi connectivity index (χ1n) is 10.1. The minimum Gasteiger partial charge on any atom is -0.340 e. The molecule has 1 amide bonds. The molecule has 0 aliphatic heterocycles. The van der Waals surface area contributed by atoms with E-state index in [0.29, 0.717) is 18.9 Å². The maximum atomic E-state index is 12.9. The Hall–Kier alpha value is -1.61. The number of benzene rings is 1. The minimum absolute atomic E-state index is 0.00301. The molecule has 2 rings (SSSR count). The van der Waals surface area contributed by atoms with Crippen molar-refractivity contribution in [3.05, 3.63) is 29.8 Å². The van der Waals surface area contributed by atoms with Crippen LogP contribution in [0.2, 0.25) is 0 Å². The summed E-state index contributed by atoms with van der Waals surface area (Å²) in [5.74, 6) is -0.264. The third kappa shape index (κ3) is 6.70. The zero-order valence-electron chi connectivity index (χ0n) is 17.9. The summed E-state index contributed by atoms with van der Waals surface area (Å²) in [7, 11) is -2.03. The molecule has 9 heteroatoms. The second kappa shape index (κ2) is 9.26. The summed E-state index contributed by atoms with van der Waals surface area (Å²) in [6.07, 6.45) is -1.81. The Morgan fingerprint density at radius 2 is 1.73 bits per heavy atom. The van der Waals surface area contributed by atoms with E-state index in [1.54, 1.807) is 11.9 Å². The van der Waals surface area contributed by atoms with Crippen molar-refractivity contribution in [3.8, 4) is 0 Å². The number of hydrogen-bond acceptors (Lipinski definition) is 4. The van der Waals surface area contributed by atoms with Gasteiger partial charge < -0.3 is 10.2 Å². The summed E-state index contributed by atoms with van der Waals surface area (Å²) in [5, 5.41) is 3.25. The molecule has 1 aromatic carbocycles. The van der Waals surface area contributed by atoms with Gasteiger partial charge in [-0.1, -0.05) is 6.07 Å². The Morgan fingerprint density at radius 1 is 1.13 bits per heavy atom. The molecule has 0 heterocycles. The molecule has 5 nitrogen and oxygen atoms in total. The molecule has 1 N–H and O–H groups in total. The van der Waals surface area contributed by atoms with Crippen LogP contribution in [0.4, 0.5) is 13.2 Å². The van der Waals surface area contributed by atoms with Crippen molar-refractivity contribution in [2.45, 2.75) is 69.1 Å². The summed E-state index contributed by atoms with van der Waals surface area (Å²) in [6, 6.07) is 4.06. The lowest BCUT2D eigenvalue weighted by Gasteiger charge is -2.33. The van der Waals surface area contributed by atoms with Gasteiger partial charge in [0.25, 0.3) is 0 Å². The van der Waals surface area contributed by atoms with Crippen molar-refractivity contribution in [3.63, 3.8) is 0 Å². The molecule has 0 saturated heterocycles. The molecule has 1 saturated carbocycles. The summed E-state index contributed by atoms with van der Waals surface area (Å²) in [6.45, 7) is 6.11. The minimum atomic E-state index is -4.58. The lowest BCUT2D eigenvalue weighted by Crippen LogP contribution is -2.48. The van der Waals surface area contributed by atoms with E-state index < -0.39 is 21.6 Å². The van der Waals surface area contributed by atoms with Gasteiger partial charge in [0.15, 0.2) is 9.84 Å². The summed E-state index contributed by atoms with van der Waals surface area (Å²) < 4.78 is 63.8. The number of nitrogens with zero attached hydrogens (tertiary/aromatic N) is 1. The van der Waals surface area contributed by atoms with Gasteiger partial charge in [-0.2, -0.15) is 13.2 Å². The van der Waals surface area contributed by atoms with Crippen molar-refractivity contribution < 1.29 is 26.4 Å². The van der Waals surface area contributed by atoms with Crippen LogP contribution in [0.5, 0.6) is 0 Å². The summed E-state index contributed by atoms with van der Waals surface area (Å²) in [5.41, 5.74) is -1.21. The first-order valence-corrected chi connectivity index (χ1v) is 11.8. The molecular weight excluding hydrogens is 417 g/mol. The number of hydrogen-bond donors (Lipinski definition) is 1. The second-order valence-corrected chi connectivity index (χ2v) is 11.1. The van der Waals surface area contributed by atoms with Crippen LogP contribution in [0.15, 0.2) is 29.2 Å². The largest absolute Gasteiger partial charge is 0.416 e. The predicted molar refractivity (Wildman–Crippen MR) is 110 cm³/mol. The Morgan fingerprint density at radius 3 is 2.27 bits per heavy atom. The number of rotatable bonds is 6. The third-order valence-corrected chi connectivity index (χ3v) is 7.63. The van der Waals surface area contributed by atoms with E-state index in [1.807, 2.05) is 20.8 Å². The Bertz CT molecular complexity index is 840. The molecule has 0 unspecified atom stereocenters. The maximum Gasteiger partial charge on any atom is 0.416 e. The highest BCUT2D eigenvalue weighted by atomic mass is 32.2. The highest BCUT2D eigenvalue weighted by molar-refractivity contribution is 7.91. The maximum absolute atomic E-state index is 12.9. The van der Waals surface area contributed by atoms with Crippen LogP contribution < -0.4 is 5.32 Å². The molecular formula is C21H31F3N2O3S. The smallest absolute Gasteiger partial charge is 0.340 e. The lowest BCUT2D eigenvalue weighted by molar-refractivity contribution is -0.137. The predicted octanol–water partition coefficient (Wildman–Crippen LogP) is 3.88. The standard InChI is InChI=1S/C21H31F3N2O3S/c1-20(2,3)26(4)19(27)13-25-17-10-8-15(9-11-17)14-30(28,29)18-7-5-6-16(12-18)21(22,23)24/h5-7,12,15,17,25H,8-11,13-14H2,1-4H3. The molecule has 1 aliphatic carbocycles. The first kappa shape index (κ1) is 24.7. The van der Waals surface area contributed by atoms with E-state index in [9.17, 15) is 26.4 Å². The van der Waals surface area contributed by atoms with Gasteiger partial charge in [-0.05, 0) is 70.6 Å². The number of nitrogens with one attached hydrogen (secondary N) is 1. The van der Waals surface area contributed by atoms with Crippen LogP contribution in [-0.2, 0) is 20.8 Å². The van der Waals surface area contributed by atoms with Gasteiger partial charge in [0, 0.05) is 18.6 Å². The van der Waals surface area contributed by atoms with Crippen LogP contribution >= 0.6 is 0 Å².